The molecule has 180 valence electrons. The van der Waals surface area contributed by atoms with E-state index in [1.54, 1.807) is 11.8 Å². The lowest BCUT2D eigenvalue weighted by Gasteiger charge is -2.36. The standard InChI is InChI=1S/C24H27N3O2.C6H6/c1-15(28)27-20-8-6-5-7-18(20)26-19-13-24(2,3)14-21(29)22(19)23(27)16-9-11-17(25-4)12-10-16;1-2-4-6-5-3-1/h5-12,23,25-26H,13-14H2,1-4H3;1-6H. The lowest BCUT2D eigenvalue weighted by atomic mass is 9.73. The smallest absolute Gasteiger partial charge is 0.224 e. The third kappa shape index (κ3) is 5.29. The molecule has 1 amide bonds. The van der Waals surface area contributed by atoms with E-state index in [2.05, 4.69) is 24.5 Å². The molecule has 0 spiro atoms. The third-order valence-corrected chi connectivity index (χ3v) is 6.42. The van der Waals surface area contributed by atoms with Crippen molar-refractivity contribution in [2.45, 2.75) is 39.7 Å². The average molecular weight is 468 g/mol. The van der Waals surface area contributed by atoms with Gasteiger partial charge in [-0.3, -0.25) is 14.5 Å². The van der Waals surface area contributed by atoms with E-state index in [-0.39, 0.29) is 17.1 Å². The molecule has 1 atom stereocenters. The maximum absolute atomic E-state index is 13.4. The number of anilines is 3. The number of hydrogen-bond donors (Lipinski definition) is 2. The number of para-hydroxylation sites is 2. The van der Waals surface area contributed by atoms with Crippen LogP contribution in [0, 0.1) is 5.41 Å². The first kappa shape index (κ1) is 24.3. The largest absolute Gasteiger partial charge is 0.388 e. The van der Waals surface area contributed by atoms with Gasteiger partial charge in [0.25, 0.3) is 0 Å². The van der Waals surface area contributed by atoms with Crippen LogP contribution in [0.4, 0.5) is 17.1 Å². The van der Waals surface area contributed by atoms with Crippen molar-refractivity contribution in [3.63, 3.8) is 0 Å². The van der Waals surface area contributed by atoms with E-state index in [1.165, 1.54) is 0 Å². The predicted octanol–water partition coefficient (Wildman–Crippen LogP) is 6.58. The van der Waals surface area contributed by atoms with Gasteiger partial charge in [0.05, 0.1) is 17.4 Å². The number of fused-ring (bicyclic) bond motifs is 1. The minimum atomic E-state index is -0.451. The van der Waals surface area contributed by atoms with E-state index in [1.807, 2.05) is 92.0 Å². The highest BCUT2D eigenvalue weighted by atomic mass is 16.2. The van der Waals surface area contributed by atoms with Gasteiger partial charge >= 0.3 is 0 Å². The fourth-order valence-corrected chi connectivity index (χ4v) is 4.87. The Bertz CT molecular complexity index is 1200. The number of nitrogens with one attached hydrogen (secondary N) is 2. The topological polar surface area (TPSA) is 61.4 Å². The van der Waals surface area contributed by atoms with Crippen molar-refractivity contribution in [2.75, 3.05) is 22.6 Å². The third-order valence-electron chi connectivity index (χ3n) is 6.42. The molecule has 3 aromatic rings. The predicted molar refractivity (Wildman–Crippen MR) is 143 cm³/mol. The van der Waals surface area contributed by atoms with Gasteiger partial charge in [-0.2, -0.15) is 0 Å². The molecule has 0 saturated heterocycles. The normalized spacial score (nSPS) is 18.2. The van der Waals surface area contributed by atoms with E-state index in [4.69, 9.17) is 0 Å². The summed E-state index contributed by atoms with van der Waals surface area (Å²) in [7, 11) is 1.87. The van der Waals surface area contributed by atoms with Crippen LogP contribution in [-0.4, -0.2) is 18.7 Å². The molecule has 0 aromatic heterocycles. The minimum Gasteiger partial charge on any atom is -0.388 e. The number of carbonyl (C=O) groups is 2. The van der Waals surface area contributed by atoms with Gasteiger partial charge in [0.15, 0.2) is 5.78 Å². The molecular formula is C30H33N3O2. The molecule has 2 N–H and O–H groups in total. The van der Waals surface area contributed by atoms with Crippen LogP contribution in [0.15, 0.2) is 96.2 Å². The summed E-state index contributed by atoms with van der Waals surface area (Å²) in [5, 5.41) is 6.63. The second kappa shape index (κ2) is 10.2. The zero-order chi connectivity index (χ0) is 25.0. The van der Waals surface area contributed by atoms with Gasteiger partial charge in [-0.1, -0.05) is 74.5 Å². The second-order valence-electron chi connectivity index (χ2n) is 9.79. The zero-order valence-electron chi connectivity index (χ0n) is 20.8. The molecule has 0 bridgehead atoms. The molecule has 1 heterocycles. The maximum Gasteiger partial charge on any atom is 0.224 e. The molecule has 0 saturated carbocycles. The number of Topliss-reactive ketones (excluding diaryl/α,β-unsaturated/α-hetero) is 1. The molecule has 0 radical (unpaired) electrons. The minimum absolute atomic E-state index is 0.0895. The Morgan fingerprint density at radius 2 is 1.51 bits per heavy atom. The number of benzene rings is 3. The fourth-order valence-electron chi connectivity index (χ4n) is 4.87. The number of hydrogen-bond acceptors (Lipinski definition) is 4. The van der Waals surface area contributed by atoms with Crippen molar-refractivity contribution < 1.29 is 9.59 Å². The SMILES string of the molecule is CNc1ccc(C2C3=C(CC(C)(C)CC3=O)Nc3ccccc3N2C(C)=O)cc1.c1ccccc1. The Balaban J connectivity index is 0.000000421. The summed E-state index contributed by atoms with van der Waals surface area (Å²) in [4.78, 5) is 28.0. The van der Waals surface area contributed by atoms with Gasteiger partial charge in [0.1, 0.15) is 0 Å². The van der Waals surface area contributed by atoms with Crippen LogP contribution >= 0.6 is 0 Å². The molecule has 1 aliphatic heterocycles. The van der Waals surface area contributed by atoms with Gasteiger partial charge in [0, 0.05) is 37.3 Å². The Kier molecular flexibility index (Phi) is 7.06. The first-order valence-corrected chi connectivity index (χ1v) is 12.0. The van der Waals surface area contributed by atoms with Crippen LogP contribution in [0.2, 0.25) is 0 Å². The fraction of sp³-hybridized carbons (Fsp3) is 0.267. The number of amides is 1. The molecule has 5 heteroatoms. The van der Waals surface area contributed by atoms with Crippen LogP contribution in [0.5, 0.6) is 0 Å². The van der Waals surface area contributed by atoms with Crippen LogP contribution in [0.1, 0.15) is 45.2 Å². The summed E-state index contributed by atoms with van der Waals surface area (Å²) in [6.45, 7) is 5.80. The van der Waals surface area contributed by atoms with Crippen molar-refractivity contribution in [1.82, 2.24) is 0 Å². The Morgan fingerprint density at radius 3 is 2.09 bits per heavy atom. The van der Waals surface area contributed by atoms with E-state index in [0.717, 1.165) is 34.7 Å². The molecule has 5 rings (SSSR count). The molecule has 1 aliphatic carbocycles. The van der Waals surface area contributed by atoms with Crippen molar-refractivity contribution in [3.05, 3.63) is 102 Å². The van der Waals surface area contributed by atoms with E-state index in [0.29, 0.717) is 12.0 Å². The van der Waals surface area contributed by atoms with Gasteiger partial charge in [-0.15, -0.1) is 0 Å². The van der Waals surface area contributed by atoms with Gasteiger partial charge in [0.2, 0.25) is 5.91 Å². The van der Waals surface area contributed by atoms with Crippen LogP contribution in [0.25, 0.3) is 0 Å². The summed E-state index contributed by atoms with van der Waals surface area (Å²) in [5.74, 6) is 0.0128. The molecule has 35 heavy (non-hydrogen) atoms. The van der Waals surface area contributed by atoms with Crippen LogP contribution in [-0.2, 0) is 9.59 Å². The van der Waals surface area contributed by atoms with Crippen molar-refractivity contribution in [3.8, 4) is 0 Å². The quantitative estimate of drug-likeness (QED) is 0.447. The molecule has 2 aliphatic rings. The average Bonchev–Trinajstić information content (AvgIpc) is 2.99. The number of nitrogens with zero attached hydrogens (tertiary/aromatic N) is 1. The summed E-state index contributed by atoms with van der Waals surface area (Å²) in [6.07, 6.45) is 1.24. The molecule has 0 fully saturated rings. The van der Waals surface area contributed by atoms with Crippen LogP contribution in [0.3, 0.4) is 0 Å². The van der Waals surface area contributed by atoms with E-state index in [9.17, 15) is 9.59 Å². The highest BCUT2D eigenvalue weighted by Crippen LogP contribution is 2.48. The van der Waals surface area contributed by atoms with Crippen molar-refractivity contribution in [1.29, 1.82) is 0 Å². The lowest BCUT2D eigenvalue weighted by Crippen LogP contribution is -2.38. The number of ketones is 1. The molecule has 3 aromatic carbocycles. The van der Waals surface area contributed by atoms with E-state index < -0.39 is 6.04 Å². The summed E-state index contributed by atoms with van der Waals surface area (Å²) < 4.78 is 0. The van der Waals surface area contributed by atoms with Gasteiger partial charge in [-0.05, 0) is 41.7 Å². The van der Waals surface area contributed by atoms with Gasteiger partial charge < -0.3 is 10.6 Å². The van der Waals surface area contributed by atoms with E-state index >= 15 is 0 Å². The first-order valence-electron chi connectivity index (χ1n) is 12.0. The summed E-state index contributed by atoms with van der Waals surface area (Å²) in [5.41, 5.74) is 5.07. The maximum atomic E-state index is 13.4. The van der Waals surface area contributed by atoms with Crippen LogP contribution < -0.4 is 15.5 Å². The second-order valence-corrected chi connectivity index (χ2v) is 9.79. The highest BCUT2D eigenvalue weighted by molar-refractivity contribution is 6.05. The first-order chi connectivity index (χ1) is 16.8. The molecule has 1 unspecified atom stereocenters. The Hall–Kier alpha value is -3.86. The van der Waals surface area contributed by atoms with Crippen molar-refractivity contribution in [2.24, 2.45) is 5.41 Å². The summed E-state index contributed by atoms with van der Waals surface area (Å²) >= 11 is 0. The highest BCUT2D eigenvalue weighted by Gasteiger charge is 2.42. The summed E-state index contributed by atoms with van der Waals surface area (Å²) in [6, 6.07) is 27.3. The lowest BCUT2D eigenvalue weighted by molar-refractivity contribution is -0.118. The number of allylic oxidation sites excluding steroid dienone is 1. The van der Waals surface area contributed by atoms with Crippen molar-refractivity contribution >= 4 is 28.8 Å². The molecular weight excluding hydrogens is 434 g/mol. The molecule has 5 nitrogen and oxygen atoms in total. The van der Waals surface area contributed by atoms with Gasteiger partial charge in [-0.25, -0.2) is 0 Å². The zero-order valence-corrected chi connectivity index (χ0v) is 20.8. The monoisotopic (exact) mass is 467 g/mol. The number of carbonyl (C=O) groups excluding carboxylic acids is 2. The number of rotatable bonds is 2. The Labute approximate surface area is 207 Å². The Morgan fingerprint density at radius 1 is 0.914 bits per heavy atom.